The van der Waals surface area contributed by atoms with Gasteiger partial charge in [-0.2, -0.15) is 0 Å². The first kappa shape index (κ1) is 16.0. The van der Waals surface area contributed by atoms with Crippen LogP contribution in [0.5, 0.6) is 0 Å². The van der Waals surface area contributed by atoms with E-state index in [1.54, 1.807) is 4.90 Å². The number of aryl methyl sites for hydroxylation is 1. The van der Waals surface area contributed by atoms with Crippen molar-refractivity contribution >= 4 is 45.8 Å². The number of hydrogen-bond acceptors (Lipinski definition) is 4. The molecule has 112 valence electrons. The molecule has 0 aliphatic carbocycles. The minimum Gasteiger partial charge on any atom is -0.326 e. The summed E-state index contributed by atoms with van der Waals surface area (Å²) in [6.07, 6.45) is 0.983. The van der Waals surface area contributed by atoms with Gasteiger partial charge in [-0.05, 0) is 31.9 Å². The Morgan fingerprint density at radius 3 is 2.76 bits per heavy atom. The van der Waals surface area contributed by atoms with Gasteiger partial charge in [0.25, 0.3) is 0 Å². The first-order valence-corrected chi connectivity index (χ1v) is 8.15. The van der Waals surface area contributed by atoms with Gasteiger partial charge in [-0.25, -0.2) is 0 Å². The van der Waals surface area contributed by atoms with E-state index in [1.807, 2.05) is 38.1 Å². The highest BCUT2D eigenvalue weighted by molar-refractivity contribution is 8.24. The van der Waals surface area contributed by atoms with Gasteiger partial charge in [-0.3, -0.25) is 14.5 Å². The fourth-order valence-corrected chi connectivity index (χ4v) is 3.55. The number of benzene rings is 1. The summed E-state index contributed by atoms with van der Waals surface area (Å²) in [5.41, 5.74) is 1.87. The predicted octanol–water partition coefficient (Wildman–Crippen LogP) is 2.96. The van der Waals surface area contributed by atoms with Gasteiger partial charge in [0.2, 0.25) is 11.8 Å². The van der Waals surface area contributed by atoms with E-state index in [4.69, 9.17) is 12.2 Å². The molecular weight excluding hydrogens is 304 g/mol. The number of para-hydroxylation sites is 1. The number of nitrogens with one attached hydrogen (secondary N) is 1. The minimum atomic E-state index is -0.0988. The Kier molecular flexibility index (Phi) is 5.36. The zero-order valence-electron chi connectivity index (χ0n) is 12.1. The van der Waals surface area contributed by atoms with E-state index in [0.717, 1.165) is 11.3 Å². The summed E-state index contributed by atoms with van der Waals surface area (Å²) in [5.74, 6) is 0.00637. The third kappa shape index (κ3) is 4.04. The normalized spacial score (nSPS) is 18.2. The topological polar surface area (TPSA) is 49.4 Å². The Morgan fingerprint density at radius 1 is 1.43 bits per heavy atom. The summed E-state index contributed by atoms with van der Waals surface area (Å²) in [6.45, 7) is 4.32. The van der Waals surface area contributed by atoms with Crippen LogP contribution in [0.15, 0.2) is 24.3 Å². The van der Waals surface area contributed by atoms with E-state index in [0.29, 0.717) is 23.7 Å². The van der Waals surface area contributed by atoms with Crippen LogP contribution in [0.2, 0.25) is 0 Å². The SMILES string of the molecule is Cc1ccccc1NC(=O)CCCN1C(=O)C(C)SC1=S. The monoisotopic (exact) mass is 322 g/mol. The molecule has 0 spiro atoms. The second-order valence-electron chi connectivity index (χ2n) is 4.98. The Morgan fingerprint density at radius 2 is 2.14 bits per heavy atom. The molecule has 21 heavy (non-hydrogen) atoms. The standard InChI is InChI=1S/C15H18N2O2S2/c1-10-6-3-4-7-12(10)16-13(18)8-5-9-17-14(19)11(2)21-15(17)20/h3-4,6-7,11H,5,8-9H2,1-2H3,(H,16,18). The van der Waals surface area contributed by atoms with Gasteiger partial charge in [0, 0.05) is 18.7 Å². The molecule has 1 fully saturated rings. The lowest BCUT2D eigenvalue weighted by Gasteiger charge is -2.15. The maximum Gasteiger partial charge on any atom is 0.241 e. The quantitative estimate of drug-likeness (QED) is 0.847. The number of thiocarbonyl (C=S) groups is 1. The average molecular weight is 322 g/mol. The zero-order chi connectivity index (χ0) is 15.4. The maximum atomic E-state index is 11.9. The number of hydrogen-bond donors (Lipinski definition) is 1. The third-order valence-electron chi connectivity index (χ3n) is 3.32. The minimum absolute atomic E-state index is 0.0393. The van der Waals surface area contributed by atoms with E-state index in [2.05, 4.69) is 5.32 Å². The molecule has 1 saturated heterocycles. The smallest absolute Gasteiger partial charge is 0.241 e. The van der Waals surface area contributed by atoms with Crippen molar-refractivity contribution < 1.29 is 9.59 Å². The molecular formula is C15H18N2O2S2. The second kappa shape index (κ2) is 7.04. The van der Waals surface area contributed by atoms with Crippen LogP contribution in [-0.2, 0) is 9.59 Å². The van der Waals surface area contributed by atoms with Crippen LogP contribution in [0, 0.1) is 6.92 Å². The van der Waals surface area contributed by atoms with Gasteiger partial charge in [0.15, 0.2) is 0 Å². The highest BCUT2D eigenvalue weighted by Gasteiger charge is 2.33. The molecule has 0 saturated carbocycles. The van der Waals surface area contributed by atoms with Crippen molar-refractivity contribution in [3.05, 3.63) is 29.8 Å². The molecule has 4 nitrogen and oxygen atoms in total. The predicted molar refractivity (Wildman–Crippen MR) is 90.4 cm³/mol. The van der Waals surface area contributed by atoms with E-state index >= 15 is 0 Å². The van der Waals surface area contributed by atoms with Crippen LogP contribution in [0.4, 0.5) is 5.69 Å². The van der Waals surface area contributed by atoms with E-state index in [1.165, 1.54) is 11.8 Å². The summed E-state index contributed by atoms with van der Waals surface area (Å²) in [4.78, 5) is 25.4. The molecule has 2 rings (SSSR count). The average Bonchev–Trinajstić information content (AvgIpc) is 2.68. The number of carbonyl (C=O) groups is 2. The third-order valence-corrected chi connectivity index (χ3v) is 4.80. The van der Waals surface area contributed by atoms with Crippen LogP contribution < -0.4 is 5.32 Å². The lowest BCUT2D eigenvalue weighted by Crippen LogP contribution is -2.32. The molecule has 0 aromatic heterocycles. The molecule has 1 heterocycles. The van der Waals surface area contributed by atoms with Crippen molar-refractivity contribution in [1.82, 2.24) is 4.90 Å². The van der Waals surface area contributed by atoms with Gasteiger partial charge < -0.3 is 5.32 Å². The Bertz CT molecular complexity index is 575. The Labute approximate surface area is 134 Å². The van der Waals surface area contributed by atoms with E-state index in [9.17, 15) is 9.59 Å². The first-order chi connectivity index (χ1) is 9.99. The molecule has 1 aliphatic heterocycles. The van der Waals surface area contributed by atoms with Crippen LogP contribution in [0.1, 0.15) is 25.3 Å². The molecule has 1 atom stereocenters. The molecule has 1 aromatic rings. The molecule has 0 radical (unpaired) electrons. The number of thioether (sulfide) groups is 1. The number of anilines is 1. The summed E-state index contributed by atoms with van der Waals surface area (Å²) < 4.78 is 0.617. The zero-order valence-corrected chi connectivity index (χ0v) is 13.7. The number of amides is 2. The molecule has 1 aromatic carbocycles. The van der Waals surface area contributed by atoms with Crippen LogP contribution in [-0.4, -0.2) is 32.8 Å². The molecule has 1 unspecified atom stereocenters. The highest BCUT2D eigenvalue weighted by atomic mass is 32.2. The lowest BCUT2D eigenvalue weighted by atomic mass is 10.2. The van der Waals surface area contributed by atoms with E-state index < -0.39 is 0 Å². The van der Waals surface area contributed by atoms with Crippen molar-refractivity contribution in [1.29, 1.82) is 0 Å². The Balaban J connectivity index is 1.79. The first-order valence-electron chi connectivity index (χ1n) is 6.86. The Hall–Kier alpha value is -1.40. The van der Waals surface area contributed by atoms with Gasteiger partial charge in [-0.1, -0.05) is 42.2 Å². The highest BCUT2D eigenvalue weighted by Crippen LogP contribution is 2.26. The fourth-order valence-electron chi connectivity index (χ4n) is 2.10. The number of carbonyl (C=O) groups excluding carboxylic acids is 2. The van der Waals surface area contributed by atoms with Crippen LogP contribution in [0.3, 0.4) is 0 Å². The second-order valence-corrected chi connectivity index (χ2v) is 6.96. The molecule has 0 bridgehead atoms. The largest absolute Gasteiger partial charge is 0.326 e. The van der Waals surface area contributed by atoms with Crippen LogP contribution in [0.25, 0.3) is 0 Å². The van der Waals surface area contributed by atoms with Crippen molar-refractivity contribution in [3.63, 3.8) is 0 Å². The maximum absolute atomic E-state index is 11.9. The van der Waals surface area contributed by atoms with Crippen molar-refractivity contribution in [2.45, 2.75) is 31.9 Å². The molecule has 1 aliphatic rings. The summed E-state index contributed by atoms with van der Waals surface area (Å²) >= 11 is 6.57. The van der Waals surface area contributed by atoms with Gasteiger partial charge in [-0.15, -0.1) is 0 Å². The number of rotatable bonds is 5. The lowest BCUT2D eigenvalue weighted by molar-refractivity contribution is -0.126. The molecule has 2 amide bonds. The van der Waals surface area contributed by atoms with Crippen molar-refractivity contribution in [3.8, 4) is 0 Å². The summed E-state index contributed by atoms with van der Waals surface area (Å²) in [5, 5.41) is 2.79. The van der Waals surface area contributed by atoms with Gasteiger partial charge in [0.05, 0.1) is 5.25 Å². The summed E-state index contributed by atoms with van der Waals surface area (Å²) in [7, 11) is 0. The molecule has 6 heteroatoms. The number of nitrogens with zero attached hydrogens (tertiary/aromatic N) is 1. The van der Waals surface area contributed by atoms with Gasteiger partial charge >= 0.3 is 0 Å². The van der Waals surface area contributed by atoms with E-state index in [-0.39, 0.29) is 17.1 Å². The fraction of sp³-hybridized carbons (Fsp3) is 0.400. The van der Waals surface area contributed by atoms with Crippen LogP contribution >= 0.6 is 24.0 Å². The summed E-state index contributed by atoms with van der Waals surface area (Å²) in [6, 6.07) is 7.66. The molecule has 1 N–H and O–H groups in total. The van der Waals surface area contributed by atoms with Gasteiger partial charge in [0.1, 0.15) is 4.32 Å². The van der Waals surface area contributed by atoms with Crippen molar-refractivity contribution in [2.75, 3.05) is 11.9 Å². The van der Waals surface area contributed by atoms with Crippen molar-refractivity contribution in [2.24, 2.45) is 0 Å².